The third-order valence-corrected chi connectivity index (χ3v) is 2.34. The number of rotatable bonds is 1. The average Bonchev–Trinajstić information content (AvgIpc) is 2.15. The molecule has 1 nitrogen and oxygen atoms in total. The van der Waals surface area contributed by atoms with Crippen molar-refractivity contribution in [3.8, 4) is 0 Å². The first-order valence-electron chi connectivity index (χ1n) is 4.04. The number of hydrogen-bond donors (Lipinski definition) is 0. The van der Waals surface area contributed by atoms with E-state index < -0.39 is 0 Å². The highest BCUT2D eigenvalue weighted by molar-refractivity contribution is 5.69. The maximum atomic E-state index is 4.18. The van der Waals surface area contributed by atoms with Crippen LogP contribution in [0.1, 0.15) is 20.8 Å². The molecule has 0 aromatic heterocycles. The lowest BCUT2D eigenvalue weighted by atomic mass is 9.80. The second-order valence-electron chi connectivity index (χ2n) is 3.50. The van der Waals surface area contributed by atoms with E-state index in [2.05, 4.69) is 37.9 Å². The predicted molar refractivity (Wildman–Crippen MR) is 49.7 cm³/mol. The van der Waals surface area contributed by atoms with Gasteiger partial charge in [-0.05, 0) is 12.0 Å². The van der Waals surface area contributed by atoms with Gasteiger partial charge in [0.2, 0.25) is 0 Å². The Morgan fingerprint density at radius 2 is 2.00 bits per heavy atom. The average molecular weight is 149 g/mol. The number of nitrogens with zero attached hydrogens (tertiary/aromatic N) is 1. The van der Waals surface area contributed by atoms with Crippen molar-refractivity contribution in [2.75, 3.05) is 0 Å². The molecule has 0 amide bonds. The Balaban J connectivity index is 2.87. The van der Waals surface area contributed by atoms with Crippen molar-refractivity contribution in [3.05, 3.63) is 24.4 Å². The molecule has 0 aromatic rings. The maximum absolute atomic E-state index is 4.18. The summed E-state index contributed by atoms with van der Waals surface area (Å²) < 4.78 is 0. The van der Waals surface area contributed by atoms with Gasteiger partial charge in [-0.1, -0.05) is 32.9 Å². The lowest BCUT2D eigenvalue weighted by Crippen LogP contribution is -2.21. The molecule has 11 heavy (non-hydrogen) atoms. The molecule has 0 aromatic carbocycles. The summed E-state index contributed by atoms with van der Waals surface area (Å²) in [6, 6.07) is 0. The van der Waals surface area contributed by atoms with Gasteiger partial charge in [-0.3, -0.25) is 4.99 Å². The van der Waals surface area contributed by atoms with E-state index in [4.69, 9.17) is 0 Å². The van der Waals surface area contributed by atoms with Crippen molar-refractivity contribution >= 4 is 6.21 Å². The molecule has 1 heterocycles. The van der Waals surface area contributed by atoms with Crippen LogP contribution in [0.5, 0.6) is 0 Å². The van der Waals surface area contributed by atoms with Gasteiger partial charge in [0.05, 0.1) is 0 Å². The van der Waals surface area contributed by atoms with E-state index in [1.165, 1.54) is 0 Å². The predicted octanol–water partition coefficient (Wildman–Crippen LogP) is 2.80. The molecule has 0 fully saturated rings. The summed E-state index contributed by atoms with van der Waals surface area (Å²) in [6.07, 6.45) is 10.1. The lowest BCUT2D eigenvalue weighted by Gasteiger charge is -2.24. The van der Waals surface area contributed by atoms with Crippen LogP contribution in [0.25, 0.3) is 0 Å². The smallest absolute Gasteiger partial charge is 0.0264 e. The van der Waals surface area contributed by atoms with Gasteiger partial charge in [0.25, 0.3) is 0 Å². The molecular weight excluding hydrogens is 134 g/mol. The van der Waals surface area contributed by atoms with E-state index in [1.54, 1.807) is 0 Å². The Morgan fingerprint density at radius 1 is 1.27 bits per heavy atom. The van der Waals surface area contributed by atoms with E-state index in [0.717, 1.165) is 0 Å². The quantitative estimate of drug-likeness (QED) is 0.543. The molecule has 0 N–H and O–H groups in total. The van der Waals surface area contributed by atoms with Gasteiger partial charge < -0.3 is 0 Å². The number of hydrogen-bond acceptors (Lipinski definition) is 1. The molecule has 0 bridgehead atoms. The van der Waals surface area contributed by atoms with Crippen LogP contribution in [0, 0.1) is 11.3 Å². The largest absolute Gasteiger partial charge is 0.268 e. The zero-order valence-electron chi connectivity index (χ0n) is 7.41. The summed E-state index contributed by atoms with van der Waals surface area (Å²) in [5, 5.41) is 0. The molecule has 1 atom stereocenters. The highest BCUT2D eigenvalue weighted by Crippen LogP contribution is 2.27. The molecule has 60 valence electrons. The van der Waals surface area contributed by atoms with E-state index in [-0.39, 0.29) is 5.41 Å². The minimum atomic E-state index is 0.128. The zero-order chi connectivity index (χ0) is 8.32. The second kappa shape index (κ2) is 3.04. The molecule has 1 rings (SSSR count). The highest BCUT2D eigenvalue weighted by Gasteiger charge is 2.22. The van der Waals surface area contributed by atoms with Gasteiger partial charge >= 0.3 is 0 Å². The van der Waals surface area contributed by atoms with Crippen molar-refractivity contribution in [1.82, 2.24) is 0 Å². The first-order valence-corrected chi connectivity index (χ1v) is 4.04. The normalized spacial score (nSPS) is 29.5. The van der Waals surface area contributed by atoms with E-state index in [9.17, 15) is 0 Å². The third-order valence-electron chi connectivity index (χ3n) is 2.34. The SMILES string of the molecule is CC(C)C1(C)C=CC=CN=C1. The van der Waals surface area contributed by atoms with Gasteiger partial charge in [0, 0.05) is 17.8 Å². The molecule has 0 saturated heterocycles. The fourth-order valence-corrected chi connectivity index (χ4v) is 0.950. The molecule has 0 radical (unpaired) electrons. The van der Waals surface area contributed by atoms with Crippen molar-refractivity contribution in [3.63, 3.8) is 0 Å². The van der Waals surface area contributed by atoms with Crippen molar-refractivity contribution in [1.29, 1.82) is 0 Å². The first-order chi connectivity index (χ1) is 5.15. The van der Waals surface area contributed by atoms with E-state index >= 15 is 0 Å². The molecule has 1 aliphatic heterocycles. The lowest BCUT2D eigenvalue weighted by molar-refractivity contribution is 0.424. The third kappa shape index (κ3) is 1.79. The summed E-state index contributed by atoms with van der Waals surface area (Å²) in [5.74, 6) is 0.599. The van der Waals surface area contributed by atoms with Crippen LogP contribution in [0.3, 0.4) is 0 Å². The molecular formula is C10H15N. The zero-order valence-corrected chi connectivity index (χ0v) is 7.41. The van der Waals surface area contributed by atoms with Crippen LogP contribution in [0.15, 0.2) is 29.4 Å². The summed E-state index contributed by atoms with van der Waals surface area (Å²) in [7, 11) is 0. The number of aliphatic imine (C=N–C) groups is 1. The van der Waals surface area contributed by atoms with Gasteiger partial charge in [-0.15, -0.1) is 0 Å². The summed E-state index contributed by atoms with van der Waals surface area (Å²) >= 11 is 0. The van der Waals surface area contributed by atoms with E-state index in [0.29, 0.717) is 5.92 Å². The molecule has 1 heteroatoms. The minimum absolute atomic E-state index is 0.128. The molecule has 0 saturated carbocycles. The van der Waals surface area contributed by atoms with Gasteiger partial charge in [0.15, 0.2) is 0 Å². The molecule has 0 aliphatic carbocycles. The number of allylic oxidation sites excluding steroid dienone is 3. The Kier molecular flexibility index (Phi) is 2.28. The Morgan fingerprint density at radius 3 is 2.64 bits per heavy atom. The van der Waals surface area contributed by atoms with E-state index in [1.807, 2.05) is 18.5 Å². The van der Waals surface area contributed by atoms with Gasteiger partial charge in [-0.25, -0.2) is 0 Å². The first kappa shape index (κ1) is 8.25. The van der Waals surface area contributed by atoms with Crippen LogP contribution in [0.2, 0.25) is 0 Å². The van der Waals surface area contributed by atoms with Crippen LogP contribution in [0.4, 0.5) is 0 Å². The highest BCUT2D eigenvalue weighted by atomic mass is 14.7. The standard InChI is InChI=1S/C10H15N/c1-9(2)10(3)6-4-5-7-11-8-10/h4-9H,1-3H3. The van der Waals surface area contributed by atoms with Crippen LogP contribution in [-0.2, 0) is 0 Å². The van der Waals surface area contributed by atoms with Crippen LogP contribution >= 0.6 is 0 Å². The second-order valence-corrected chi connectivity index (χ2v) is 3.50. The summed E-state index contributed by atoms with van der Waals surface area (Å²) in [4.78, 5) is 4.18. The fourth-order valence-electron chi connectivity index (χ4n) is 0.950. The molecule has 1 unspecified atom stereocenters. The Bertz CT molecular complexity index is 193. The Labute approximate surface area is 68.5 Å². The minimum Gasteiger partial charge on any atom is -0.268 e. The van der Waals surface area contributed by atoms with Crippen molar-refractivity contribution in [2.45, 2.75) is 20.8 Å². The topological polar surface area (TPSA) is 12.4 Å². The Hall–Kier alpha value is -0.850. The van der Waals surface area contributed by atoms with Gasteiger partial charge in [-0.2, -0.15) is 0 Å². The fraction of sp³-hybridized carbons (Fsp3) is 0.500. The summed E-state index contributed by atoms with van der Waals surface area (Å²) in [6.45, 7) is 6.62. The summed E-state index contributed by atoms with van der Waals surface area (Å²) in [5.41, 5.74) is 0.128. The maximum Gasteiger partial charge on any atom is 0.0264 e. The van der Waals surface area contributed by atoms with Crippen LogP contribution in [-0.4, -0.2) is 6.21 Å². The molecule has 1 aliphatic rings. The van der Waals surface area contributed by atoms with Gasteiger partial charge in [0.1, 0.15) is 0 Å². The van der Waals surface area contributed by atoms with Crippen LogP contribution < -0.4 is 0 Å². The molecule has 0 spiro atoms. The monoisotopic (exact) mass is 149 g/mol. The van der Waals surface area contributed by atoms with Crippen molar-refractivity contribution < 1.29 is 0 Å². The van der Waals surface area contributed by atoms with Crippen molar-refractivity contribution in [2.24, 2.45) is 16.3 Å².